The van der Waals surface area contributed by atoms with Crippen LogP contribution in [0.5, 0.6) is 5.75 Å². The number of carbonyl (C=O) groups is 1. The van der Waals surface area contributed by atoms with Crippen LogP contribution in [0.15, 0.2) is 40.2 Å². The quantitative estimate of drug-likeness (QED) is 0.608. The van der Waals surface area contributed by atoms with Gasteiger partial charge in [0.2, 0.25) is 0 Å². The van der Waals surface area contributed by atoms with E-state index in [1.807, 2.05) is 16.8 Å². The van der Waals surface area contributed by atoms with Gasteiger partial charge in [0.25, 0.3) is 5.56 Å². The van der Waals surface area contributed by atoms with Crippen molar-refractivity contribution in [2.24, 2.45) is 0 Å². The zero-order valence-corrected chi connectivity index (χ0v) is 16.0. The summed E-state index contributed by atoms with van der Waals surface area (Å²) < 4.78 is 6.41. The van der Waals surface area contributed by atoms with E-state index in [9.17, 15) is 14.7 Å². The fourth-order valence-electron chi connectivity index (χ4n) is 3.14. The topological polar surface area (TPSA) is 97.2 Å². The molecule has 0 aliphatic heterocycles. The average Bonchev–Trinajstić information content (AvgIpc) is 3.34. The number of esters is 1. The first-order valence-electron chi connectivity index (χ1n) is 8.50. The first-order valence-corrected chi connectivity index (χ1v) is 9.45. The van der Waals surface area contributed by atoms with Gasteiger partial charge in [-0.2, -0.15) is 11.3 Å². The van der Waals surface area contributed by atoms with Gasteiger partial charge in [0.1, 0.15) is 5.75 Å². The van der Waals surface area contributed by atoms with Crippen LogP contribution in [0.1, 0.15) is 34.9 Å². The van der Waals surface area contributed by atoms with Crippen molar-refractivity contribution < 1.29 is 14.6 Å². The zero-order valence-electron chi connectivity index (χ0n) is 15.1. The van der Waals surface area contributed by atoms with Gasteiger partial charge in [0.05, 0.1) is 25.4 Å². The molecule has 2 N–H and O–H groups in total. The molecule has 1 atom stereocenters. The molecule has 8 heteroatoms. The van der Waals surface area contributed by atoms with Crippen LogP contribution in [0.3, 0.4) is 0 Å². The van der Waals surface area contributed by atoms with Crippen molar-refractivity contribution >= 4 is 17.3 Å². The maximum absolute atomic E-state index is 13.2. The molecule has 0 saturated heterocycles. The summed E-state index contributed by atoms with van der Waals surface area (Å²) in [6.45, 7) is 2.21. The number of carbonyl (C=O) groups excluding carboxylic acids is 1. The van der Waals surface area contributed by atoms with Crippen molar-refractivity contribution in [3.63, 3.8) is 0 Å². The van der Waals surface area contributed by atoms with E-state index in [0.29, 0.717) is 18.7 Å². The minimum atomic E-state index is -0.560. The molecule has 7 nitrogen and oxygen atoms in total. The van der Waals surface area contributed by atoms with Crippen LogP contribution in [0.4, 0.5) is 0 Å². The maximum atomic E-state index is 13.2. The van der Waals surface area contributed by atoms with Crippen molar-refractivity contribution in [1.29, 1.82) is 0 Å². The number of nitrogens with zero attached hydrogens (tertiary/aromatic N) is 2. The normalized spacial score (nSPS) is 12.1. The molecule has 3 aromatic heterocycles. The number of aromatic nitrogens is 3. The van der Waals surface area contributed by atoms with Crippen LogP contribution >= 0.6 is 11.3 Å². The van der Waals surface area contributed by atoms with E-state index in [4.69, 9.17) is 4.74 Å². The van der Waals surface area contributed by atoms with Gasteiger partial charge in [-0.1, -0.05) is 0 Å². The number of aromatic hydroxyl groups is 1. The van der Waals surface area contributed by atoms with E-state index in [-0.39, 0.29) is 23.3 Å². The van der Waals surface area contributed by atoms with Gasteiger partial charge in [-0.05, 0) is 35.4 Å². The number of thiophene rings is 1. The molecule has 0 fully saturated rings. The Balaban J connectivity index is 2.02. The second-order valence-corrected chi connectivity index (χ2v) is 7.04. The molecule has 3 rings (SSSR count). The number of nitrogens with one attached hydrogen (secondary N) is 1. The van der Waals surface area contributed by atoms with Gasteiger partial charge in [-0.25, -0.2) is 4.98 Å². The maximum Gasteiger partial charge on any atom is 0.306 e. The molecule has 0 radical (unpaired) electrons. The van der Waals surface area contributed by atoms with Crippen LogP contribution < -0.4 is 5.56 Å². The van der Waals surface area contributed by atoms with E-state index >= 15 is 0 Å². The van der Waals surface area contributed by atoms with E-state index in [0.717, 1.165) is 11.3 Å². The molecule has 0 aliphatic rings. The number of hydrogen-bond donors (Lipinski definition) is 2. The molecule has 0 spiro atoms. The first-order chi connectivity index (χ1) is 13.0. The number of aryl methyl sites for hydroxylation is 2. The zero-order chi connectivity index (χ0) is 19.4. The van der Waals surface area contributed by atoms with Crippen molar-refractivity contribution in [1.82, 2.24) is 14.5 Å². The Morgan fingerprint density at radius 3 is 2.93 bits per heavy atom. The molecule has 0 amide bonds. The Bertz CT molecular complexity index is 962. The lowest BCUT2D eigenvalue weighted by molar-refractivity contribution is -0.140. The van der Waals surface area contributed by atoms with Crippen molar-refractivity contribution in [2.45, 2.75) is 32.2 Å². The van der Waals surface area contributed by atoms with E-state index in [1.54, 1.807) is 30.1 Å². The monoisotopic (exact) mass is 387 g/mol. The molecular formula is C19H21N3O4S. The Hall–Kier alpha value is -2.87. The van der Waals surface area contributed by atoms with Gasteiger partial charge in [0, 0.05) is 36.5 Å². The first kappa shape index (κ1) is 18.9. The number of H-pyrrole nitrogens is 1. The highest BCUT2D eigenvalue weighted by atomic mass is 32.1. The third-order valence-electron chi connectivity index (χ3n) is 4.57. The number of ether oxygens (including phenoxy) is 1. The van der Waals surface area contributed by atoms with Crippen molar-refractivity contribution in [3.05, 3.63) is 68.3 Å². The highest BCUT2D eigenvalue weighted by molar-refractivity contribution is 7.08. The molecule has 0 aliphatic carbocycles. The third kappa shape index (κ3) is 4.11. The van der Waals surface area contributed by atoms with Crippen molar-refractivity contribution in [3.8, 4) is 5.75 Å². The standard InChI is InChI=1S/C19H21N3O4S/c1-12-7-16(23)18(15(8-17(24)26-2)13-4-6-27-10-13)19(25)22(12)5-3-14-9-20-11-21-14/h4,6-7,9-11,15,23H,3,5,8H2,1-2H3,(H,20,21)/t15-/m1/s1. The summed E-state index contributed by atoms with van der Waals surface area (Å²) in [4.78, 5) is 32.1. The minimum Gasteiger partial charge on any atom is -0.507 e. The van der Waals surface area contributed by atoms with E-state index < -0.39 is 11.9 Å². The number of imidazole rings is 1. The summed E-state index contributed by atoms with van der Waals surface area (Å²) in [5.74, 6) is -1.10. The molecular weight excluding hydrogens is 366 g/mol. The molecule has 0 saturated carbocycles. The lowest BCUT2D eigenvalue weighted by Gasteiger charge is -2.19. The number of methoxy groups -OCH3 is 1. The Labute approximate surface area is 160 Å². The summed E-state index contributed by atoms with van der Waals surface area (Å²) in [6.07, 6.45) is 3.90. The minimum absolute atomic E-state index is 0.0142. The van der Waals surface area contributed by atoms with Crippen molar-refractivity contribution in [2.75, 3.05) is 7.11 Å². The molecule has 0 bridgehead atoms. The van der Waals surface area contributed by atoms with Gasteiger partial charge >= 0.3 is 5.97 Å². The SMILES string of the molecule is COC(=O)C[C@H](c1ccsc1)c1c(O)cc(C)n(CCc2cnc[nH]2)c1=O. The summed E-state index contributed by atoms with van der Waals surface area (Å²) in [5, 5.41) is 14.3. The van der Waals surface area contributed by atoms with E-state index in [1.165, 1.54) is 18.4 Å². The van der Waals surface area contributed by atoms with Crippen LogP contribution in [-0.4, -0.2) is 32.7 Å². The van der Waals surface area contributed by atoms with Gasteiger partial charge in [-0.15, -0.1) is 0 Å². The fraction of sp³-hybridized carbons (Fsp3) is 0.316. The number of pyridine rings is 1. The Morgan fingerprint density at radius 2 is 2.30 bits per heavy atom. The number of rotatable bonds is 7. The second kappa shape index (κ2) is 8.22. The highest BCUT2D eigenvalue weighted by Gasteiger charge is 2.26. The van der Waals surface area contributed by atoms with Crippen LogP contribution in [-0.2, 0) is 22.5 Å². The largest absolute Gasteiger partial charge is 0.507 e. The number of hydrogen-bond acceptors (Lipinski definition) is 6. The van der Waals surface area contributed by atoms with Gasteiger partial charge in [0.15, 0.2) is 0 Å². The third-order valence-corrected chi connectivity index (χ3v) is 5.28. The Kier molecular flexibility index (Phi) is 5.75. The highest BCUT2D eigenvalue weighted by Crippen LogP contribution is 2.33. The summed E-state index contributed by atoms with van der Waals surface area (Å²) in [6, 6.07) is 3.42. The van der Waals surface area contributed by atoms with Crippen LogP contribution in [0, 0.1) is 6.92 Å². The molecule has 142 valence electrons. The second-order valence-electron chi connectivity index (χ2n) is 6.26. The van der Waals surface area contributed by atoms with Crippen LogP contribution in [0.2, 0.25) is 0 Å². The summed E-state index contributed by atoms with van der Waals surface area (Å²) >= 11 is 1.47. The Morgan fingerprint density at radius 1 is 1.48 bits per heavy atom. The molecule has 3 aromatic rings. The molecule has 0 aromatic carbocycles. The predicted octanol–water partition coefficient (Wildman–Crippen LogP) is 2.58. The number of aromatic amines is 1. The molecule has 0 unspecified atom stereocenters. The van der Waals surface area contributed by atoms with E-state index in [2.05, 4.69) is 9.97 Å². The van der Waals surface area contributed by atoms with Gasteiger partial charge in [-0.3, -0.25) is 9.59 Å². The molecule has 27 heavy (non-hydrogen) atoms. The molecule has 3 heterocycles. The van der Waals surface area contributed by atoms with Crippen LogP contribution in [0.25, 0.3) is 0 Å². The lowest BCUT2D eigenvalue weighted by atomic mass is 9.90. The smallest absolute Gasteiger partial charge is 0.306 e. The lowest BCUT2D eigenvalue weighted by Crippen LogP contribution is -2.29. The predicted molar refractivity (Wildman–Crippen MR) is 102 cm³/mol. The average molecular weight is 387 g/mol. The van der Waals surface area contributed by atoms with Gasteiger partial charge < -0.3 is 19.4 Å². The summed E-state index contributed by atoms with van der Waals surface area (Å²) in [7, 11) is 1.31. The fourth-order valence-corrected chi connectivity index (χ4v) is 3.85. The summed E-state index contributed by atoms with van der Waals surface area (Å²) in [5.41, 5.74) is 2.30.